The topological polar surface area (TPSA) is 165 Å². The van der Waals surface area contributed by atoms with Crippen LogP contribution in [0, 0.1) is 17.8 Å². The van der Waals surface area contributed by atoms with Crippen molar-refractivity contribution >= 4 is 39.1 Å². The first kappa shape index (κ1) is 46.8. The second kappa shape index (κ2) is 21.2. The highest BCUT2D eigenvalue weighted by atomic mass is 32.2. The Kier molecular flexibility index (Phi) is 15.7. The SMILES string of the molecule is C=CCOC12Oc3ccc(Oc4ccc(SC)cc4)cc3C3C(CCCCO)C(CCCCO)C=C(C(=NOC4CCCCO4)CC1N(C)S(=O)(=O)c1ccc(NC(C)=O)cc1)C32. The number of carbonyl (C=O) groups excluding carboxylic acids is 1. The Balaban J connectivity index is 1.42. The van der Waals surface area contributed by atoms with Gasteiger partial charge < -0.3 is 39.3 Å². The molecule has 0 spiro atoms. The molecule has 1 saturated carbocycles. The van der Waals surface area contributed by atoms with E-state index < -0.39 is 34.1 Å². The van der Waals surface area contributed by atoms with Crippen LogP contribution in [0.4, 0.5) is 5.69 Å². The van der Waals surface area contributed by atoms with Crippen molar-refractivity contribution in [2.24, 2.45) is 22.9 Å². The zero-order valence-corrected chi connectivity index (χ0v) is 38.1. The molecule has 0 bridgehead atoms. The third-order valence-corrected chi connectivity index (χ3v) is 15.3. The second-order valence-electron chi connectivity index (χ2n) is 16.7. The fourth-order valence-corrected chi connectivity index (χ4v) is 11.5. The maximum atomic E-state index is 14.9. The van der Waals surface area contributed by atoms with Gasteiger partial charge in [0.2, 0.25) is 28.0 Å². The molecule has 7 unspecified atom stereocenters. The van der Waals surface area contributed by atoms with Gasteiger partial charge in [0, 0.05) is 62.1 Å². The van der Waals surface area contributed by atoms with Crippen LogP contribution in [0.2, 0.25) is 0 Å². The van der Waals surface area contributed by atoms with Gasteiger partial charge in [0.25, 0.3) is 0 Å². The van der Waals surface area contributed by atoms with Gasteiger partial charge in [-0.05, 0) is 129 Å². The van der Waals surface area contributed by atoms with Gasteiger partial charge in [-0.25, -0.2) is 8.42 Å². The number of thioether (sulfide) groups is 1. The molecule has 340 valence electrons. The molecule has 13 nitrogen and oxygen atoms in total. The number of amides is 1. The molecule has 3 aromatic rings. The fourth-order valence-electron chi connectivity index (χ4n) is 9.71. The second-order valence-corrected chi connectivity index (χ2v) is 19.6. The van der Waals surface area contributed by atoms with Crippen LogP contribution in [-0.2, 0) is 29.1 Å². The number of nitrogens with zero attached hydrogens (tertiary/aromatic N) is 2. The molecule has 15 heteroatoms. The molecule has 7 atom stereocenters. The van der Waals surface area contributed by atoms with Crippen LogP contribution in [0.5, 0.6) is 17.2 Å². The summed E-state index contributed by atoms with van der Waals surface area (Å²) >= 11 is 1.65. The predicted octanol–water partition coefficient (Wildman–Crippen LogP) is 8.64. The van der Waals surface area contributed by atoms with E-state index in [1.165, 1.54) is 23.4 Å². The first-order valence-electron chi connectivity index (χ1n) is 22.1. The number of likely N-dealkylation sites (N-methyl/N-ethyl adjacent to an activating group) is 1. The summed E-state index contributed by atoms with van der Waals surface area (Å²) in [6, 6.07) is 18.8. The Morgan fingerprint density at radius 3 is 2.41 bits per heavy atom. The van der Waals surface area contributed by atoms with Gasteiger partial charge in [-0.15, -0.1) is 18.3 Å². The molecule has 1 saturated heterocycles. The summed E-state index contributed by atoms with van der Waals surface area (Å²) in [6.07, 6.45) is 12.4. The predicted molar refractivity (Wildman–Crippen MR) is 244 cm³/mol. The molecule has 7 rings (SSSR count). The van der Waals surface area contributed by atoms with Crippen molar-refractivity contribution in [2.45, 2.75) is 105 Å². The number of nitrogens with one attached hydrogen (secondary N) is 1. The molecular weight excluding hydrogens is 843 g/mol. The number of ether oxygens (including phenoxy) is 4. The lowest BCUT2D eigenvalue weighted by Gasteiger charge is -2.59. The number of hydrogen-bond donors (Lipinski definition) is 3. The number of carbonyl (C=O) groups is 1. The van der Waals surface area contributed by atoms with Gasteiger partial charge in [-0.1, -0.05) is 30.1 Å². The third-order valence-electron chi connectivity index (χ3n) is 12.6. The minimum Gasteiger partial charge on any atom is -0.460 e. The first-order chi connectivity index (χ1) is 30.5. The number of unbranched alkanes of at least 4 members (excludes halogenated alkanes) is 2. The Morgan fingerprint density at radius 1 is 1.02 bits per heavy atom. The fraction of sp³-hybridized carbons (Fsp3) is 0.500. The number of hydrogen-bond acceptors (Lipinski definition) is 12. The lowest BCUT2D eigenvalue weighted by molar-refractivity contribution is -0.250. The standard InChI is InChI=1S/C48H61N3O10S2/c1-5-27-58-48-44(51(3)63(55,56)38-22-15-34(16-23-38)49-32(2)54)31-42(50-61-45-14-8-11-28-57-45)40-29-33(12-6-9-25-52)39(13-7-10-26-53)46(47(40)48)41-30-36(19-24-43(41)60-48)59-35-17-20-37(62-4)21-18-35/h5,15-24,29-30,33,39,44-47,52-53H,1,6-14,25-28,31H2,2-4H3,(H,49,54). The van der Waals surface area contributed by atoms with Crippen molar-refractivity contribution in [3.8, 4) is 17.2 Å². The largest absolute Gasteiger partial charge is 0.460 e. The smallest absolute Gasteiger partial charge is 0.243 e. The Morgan fingerprint density at radius 2 is 1.75 bits per heavy atom. The number of anilines is 1. The average Bonchev–Trinajstić information content (AvgIpc) is 3.29. The lowest BCUT2D eigenvalue weighted by atomic mass is 9.55. The van der Waals surface area contributed by atoms with E-state index in [2.05, 4.69) is 18.0 Å². The molecule has 2 heterocycles. The van der Waals surface area contributed by atoms with Gasteiger partial charge in [0.1, 0.15) is 17.2 Å². The number of aliphatic hydroxyl groups excluding tert-OH is 2. The van der Waals surface area contributed by atoms with Crippen LogP contribution >= 0.6 is 11.8 Å². The van der Waals surface area contributed by atoms with Crippen molar-refractivity contribution in [3.63, 3.8) is 0 Å². The number of rotatable bonds is 20. The number of aliphatic hydroxyl groups is 2. The van der Waals surface area contributed by atoms with E-state index in [1.807, 2.05) is 48.7 Å². The molecular formula is C48H61N3O10S2. The van der Waals surface area contributed by atoms with Gasteiger partial charge in [0.05, 0.1) is 35.8 Å². The van der Waals surface area contributed by atoms with Gasteiger partial charge in [-0.2, -0.15) is 4.31 Å². The summed E-state index contributed by atoms with van der Waals surface area (Å²) < 4.78 is 57.8. The molecule has 3 aromatic carbocycles. The summed E-state index contributed by atoms with van der Waals surface area (Å²) in [6.45, 7) is 6.14. The zero-order valence-electron chi connectivity index (χ0n) is 36.4. The monoisotopic (exact) mass is 903 g/mol. The van der Waals surface area contributed by atoms with Crippen LogP contribution in [0.3, 0.4) is 0 Å². The van der Waals surface area contributed by atoms with Crippen molar-refractivity contribution in [2.75, 3.05) is 45.0 Å². The summed E-state index contributed by atoms with van der Waals surface area (Å²) in [5.74, 6) is -0.883. The molecule has 2 fully saturated rings. The zero-order chi connectivity index (χ0) is 44.6. The summed E-state index contributed by atoms with van der Waals surface area (Å²) in [5.41, 5.74) is 2.81. The highest BCUT2D eigenvalue weighted by molar-refractivity contribution is 7.98. The van der Waals surface area contributed by atoms with Gasteiger partial charge >= 0.3 is 0 Å². The third kappa shape index (κ3) is 10.4. The Labute approximate surface area is 375 Å². The maximum absolute atomic E-state index is 14.9. The van der Waals surface area contributed by atoms with Gasteiger partial charge in [0.15, 0.2) is 0 Å². The van der Waals surface area contributed by atoms with Crippen LogP contribution in [0.25, 0.3) is 0 Å². The highest BCUT2D eigenvalue weighted by Crippen LogP contribution is 2.62. The van der Waals surface area contributed by atoms with Crippen molar-refractivity contribution in [1.29, 1.82) is 0 Å². The lowest BCUT2D eigenvalue weighted by Crippen LogP contribution is -2.69. The quantitative estimate of drug-likeness (QED) is 0.0430. The number of oxime groups is 1. The molecule has 3 N–H and O–H groups in total. The van der Waals surface area contributed by atoms with Crippen LogP contribution < -0.4 is 14.8 Å². The summed E-state index contributed by atoms with van der Waals surface area (Å²) in [4.78, 5) is 19.1. The van der Waals surface area contributed by atoms with E-state index in [1.54, 1.807) is 37.0 Å². The number of benzene rings is 3. The molecule has 2 aliphatic heterocycles. The Bertz CT molecular complexity index is 2210. The molecule has 2 aliphatic carbocycles. The minimum absolute atomic E-state index is 0.0136. The number of allylic oxidation sites excluding steroid dienone is 1. The van der Waals surface area contributed by atoms with Gasteiger partial charge in [-0.3, -0.25) is 4.79 Å². The molecule has 4 aliphatic rings. The summed E-state index contributed by atoms with van der Waals surface area (Å²) in [7, 11) is -2.69. The van der Waals surface area contributed by atoms with Crippen LogP contribution in [0.1, 0.15) is 82.6 Å². The maximum Gasteiger partial charge on any atom is 0.243 e. The minimum atomic E-state index is -4.24. The van der Waals surface area contributed by atoms with E-state index in [0.29, 0.717) is 54.5 Å². The molecule has 63 heavy (non-hydrogen) atoms. The number of fused-ring (bicyclic) bond motifs is 2. The van der Waals surface area contributed by atoms with E-state index in [-0.39, 0.29) is 54.8 Å². The summed E-state index contributed by atoms with van der Waals surface area (Å²) in [5, 5.41) is 27.5. The van der Waals surface area contributed by atoms with E-state index in [0.717, 1.165) is 54.6 Å². The van der Waals surface area contributed by atoms with Crippen LogP contribution in [-0.4, -0.2) is 92.4 Å². The normalized spacial score (nSPS) is 25.9. The molecule has 0 radical (unpaired) electrons. The van der Waals surface area contributed by atoms with Crippen molar-refractivity contribution in [1.82, 2.24) is 4.31 Å². The highest BCUT2D eigenvalue weighted by Gasteiger charge is 2.65. The first-order valence-corrected chi connectivity index (χ1v) is 24.7. The molecule has 1 amide bonds. The van der Waals surface area contributed by atoms with E-state index in [9.17, 15) is 23.4 Å². The number of sulfonamides is 1. The molecule has 0 aromatic heterocycles. The van der Waals surface area contributed by atoms with E-state index >= 15 is 0 Å². The van der Waals surface area contributed by atoms with E-state index in [4.69, 9.17) is 28.9 Å². The van der Waals surface area contributed by atoms with Crippen LogP contribution in [0.15, 0.2) is 106 Å². The van der Waals surface area contributed by atoms with Crippen molar-refractivity contribution in [3.05, 3.63) is 96.6 Å². The average molecular weight is 904 g/mol. The van der Waals surface area contributed by atoms with Crippen molar-refractivity contribution < 1.29 is 47.2 Å². The Hall–Kier alpha value is -4.22.